The minimum atomic E-state index is -0.967. The van der Waals surface area contributed by atoms with E-state index >= 15 is 0 Å². The molecule has 0 saturated heterocycles. The lowest BCUT2D eigenvalue weighted by Crippen LogP contribution is -2.34. The number of ether oxygens (including phenoxy) is 1. The van der Waals surface area contributed by atoms with Crippen molar-refractivity contribution in [1.29, 1.82) is 0 Å². The third kappa shape index (κ3) is 5.03. The fraction of sp³-hybridized carbons (Fsp3) is 0.529. The first kappa shape index (κ1) is 17.4. The van der Waals surface area contributed by atoms with E-state index in [0.29, 0.717) is 25.0 Å². The first-order chi connectivity index (χ1) is 10.8. The second-order valence-electron chi connectivity index (χ2n) is 6.14. The largest absolute Gasteiger partial charge is 0.490 e. The van der Waals surface area contributed by atoms with Gasteiger partial charge in [-0.15, -0.1) is 0 Å². The zero-order chi connectivity index (χ0) is 17.0. The average molecular weight is 322 g/mol. The molecule has 0 heterocycles. The molecule has 0 spiro atoms. The Balaban J connectivity index is 1.92. The van der Waals surface area contributed by atoms with E-state index in [1.807, 2.05) is 0 Å². The molecule has 0 amide bonds. The molecule has 3 N–H and O–H groups in total. The van der Waals surface area contributed by atoms with Crippen LogP contribution in [-0.2, 0) is 16.0 Å². The number of ketones is 1. The Morgan fingerprint density at radius 3 is 2.43 bits per heavy atom. The molecule has 1 aliphatic carbocycles. The van der Waals surface area contributed by atoms with Crippen molar-refractivity contribution in [2.75, 3.05) is 0 Å². The summed E-state index contributed by atoms with van der Waals surface area (Å²) in [5.74, 6) is -1.24. The number of rotatable bonds is 8. The topological polar surface area (TPSA) is 89.6 Å². The molecule has 1 saturated carbocycles. The summed E-state index contributed by atoms with van der Waals surface area (Å²) in [6, 6.07) is 6.33. The van der Waals surface area contributed by atoms with Gasteiger partial charge in [-0.05, 0) is 37.5 Å². The molecular formula is C17H22FNO4. The van der Waals surface area contributed by atoms with E-state index in [0.717, 1.165) is 5.56 Å². The Hall–Kier alpha value is -1.95. The Labute approximate surface area is 134 Å². The molecule has 1 aromatic rings. The number of aliphatic carboxylic acids is 1. The molecular weight excluding hydrogens is 300 g/mol. The highest BCUT2D eigenvalue weighted by Gasteiger charge is 2.30. The van der Waals surface area contributed by atoms with Crippen LogP contribution in [-0.4, -0.2) is 35.2 Å². The van der Waals surface area contributed by atoms with Gasteiger partial charge >= 0.3 is 5.97 Å². The first-order valence-electron chi connectivity index (χ1n) is 7.73. The number of hydrogen-bond donors (Lipinski definition) is 2. The average Bonchev–Trinajstić information content (AvgIpc) is 2.46. The predicted octanol–water partition coefficient (Wildman–Crippen LogP) is 2.12. The standard InChI is InChI=1S/C17H22FNO4/c1-10(20)16(19)7-12(17(21)22)6-11-2-4-14(5-3-11)23-15-8-13(18)9-15/h2-5,12-13,15-16H,6-9,19H2,1H3,(H,21,22)/t12?,13-,15+,16-/m0/s1/i18-1. The fourth-order valence-corrected chi connectivity index (χ4v) is 2.52. The zero-order valence-corrected chi connectivity index (χ0v) is 13.1. The number of carbonyl (C=O) groups excluding carboxylic acids is 1. The quantitative estimate of drug-likeness (QED) is 0.765. The van der Waals surface area contributed by atoms with E-state index in [2.05, 4.69) is 0 Å². The molecule has 1 unspecified atom stereocenters. The SMILES string of the molecule is CC(=O)[C@@H](N)CC(Cc1ccc(O[C@H]2C[C@@H]([18F])C2)cc1)C(=O)O. The summed E-state index contributed by atoms with van der Waals surface area (Å²) >= 11 is 0. The van der Waals surface area contributed by atoms with E-state index in [9.17, 15) is 19.1 Å². The Morgan fingerprint density at radius 1 is 1.35 bits per heavy atom. The lowest BCUT2D eigenvalue weighted by Gasteiger charge is -2.30. The van der Waals surface area contributed by atoms with Gasteiger partial charge < -0.3 is 15.6 Å². The van der Waals surface area contributed by atoms with Crippen LogP contribution in [0.5, 0.6) is 5.75 Å². The Morgan fingerprint density at radius 2 is 1.96 bits per heavy atom. The fourth-order valence-electron chi connectivity index (χ4n) is 2.52. The molecule has 1 aromatic carbocycles. The van der Waals surface area contributed by atoms with Crippen LogP contribution < -0.4 is 10.5 Å². The van der Waals surface area contributed by atoms with Gasteiger partial charge in [0.05, 0.1) is 12.0 Å². The van der Waals surface area contributed by atoms with Crippen molar-refractivity contribution < 1.29 is 23.8 Å². The van der Waals surface area contributed by atoms with Crippen LogP contribution in [0, 0.1) is 5.92 Å². The van der Waals surface area contributed by atoms with Crippen molar-refractivity contribution in [3.05, 3.63) is 29.8 Å². The molecule has 1 aliphatic rings. The molecule has 0 radical (unpaired) electrons. The summed E-state index contributed by atoms with van der Waals surface area (Å²) in [4.78, 5) is 22.5. The maximum absolute atomic E-state index is 12.7. The van der Waals surface area contributed by atoms with Crippen molar-refractivity contribution in [2.24, 2.45) is 11.7 Å². The Bertz CT molecular complexity index is 554. The van der Waals surface area contributed by atoms with Gasteiger partial charge in [0.25, 0.3) is 0 Å². The van der Waals surface area contributed by atoms with Crippen LogP contribution in [0.15, 0.2) is 24.3 Å². The van der Waals surface area contributed by atoms with Crippen LogP contribution in [0.2, 0.25) is 0 Å². The van der Waals surface area contributed by atoms with Crippen LogP contribution in [0.3, 0.4) is 0 Å². The zero-order valence-electron chi connectivity index (χ0n) is 13.1. The number of Topliss-reactive ketones (excluding diaryl/α,β-unsaturated/α-hetero) is 1. The van der Waals surface area contributed by atoms with Crippen LogP contribution in [0.25, 0.3) is 0 Å². The molecule has 5 nitrogen and oxygen atoms in total. The van der Waals surface area contributed by atoms with E-state index < -0.39 is 24.1 Å². The van der Waals surface area contributed by atoms with Gasteiger partial charge in [0.1, 0.15) is 23.8 Å². The number of carboxylic acid groups (broad SMARTS) is 1. The molecule has 0 aromatic heterocycles. The second-order valence-corrected chi connectivity index (χ2v) is 6.14. The van der Waals surface area contributed by atoms with E-state index in [4.69, 9.17) is 10.5 Å². The maximum atomic E-state index is 12.7. The smallest absolute Gasteiger partial charge is 0.306 e. The monoisotopic (exact) mass is 322 g/mol. The molecule has 1 fully saturated rings. The number of nitrogens with two attached hydrogens (primary N) is 1. The van der Waals surface area contributed by atoms with Crippen LogP contribution in [0.1, 0.15) is 31.7 Å². The van der Waals surface area contributed by atoms with Gasteiger partial charge in [0, 0.05) is 12.8 Å². The Kier molecular flexibility index (Phi) is 5.71. The molecule has 126 valence electrons. The minimum Gasteiger partial charge on any atom is -0.490 e. The summed E-state index contributed by atoms with van der Waals surface area (Å²) < 4.78 is 18.3. The minimum absolute atomic E-state index is 0.0730. The molecule has 23 heavy (non-hydrogen) atoms. The van der Waals surface area contributed by atoms with Crippen LogP contribution >= 0.6 is 0 Å². The third-order valence-electron chi connectivity index (χ3n) is 4.16. The molecule has 0 bridgehead atoms. The summed E-state index contributed by atoms with van der Waals surface area (Å²) in [7, 11) is 0. The first-order valence-corrected chi connectivity index (χ1v) is 7.73. The van der Waals surface area contributed by atoms with E-state index in [1.165, 1.54) is 6.92 Å². The summed E-state index contributed by atoms with van der Waals surface area (Å²) in [5.41, 5.74) is 6.49. The van der Waals surface area contributed by atoms with Gasteiger partial charge in [-0.1, -0.05) is 12.1 Å². The molecule has 2 atom stereocenters. The highest BCUT2D eigenvalue weighted by atomic mass is 18.2. The normalized spacial score (nSPS) is 22.7. The number of alkyl halides is 1. The number of halogens is 1. The van der Waals surface area contributed by atoms with Gasteiger partial charge in [0.15, 0.2) is 0 Å². The molecule has 2 rings (SSSR count). The molecule has 0 aliphatic heterocycles. The summed E-state index contributed by atoms with van der Waals surface area (Å²) in [5, 5.41) is 9.28. The predicted molar refractivity (Wildman–Crippen MR) is 83.1 cm³/mol. The summed E-state index contributed by atoms with van der Waals surface area (Å²) in [6.45, 7) is 1.36. The molecule has 6 heteroatoms. The van der Waals surface area contributed by atoms with E-state index in [1.54, 1.807) is 24.3 Å². The van der Waals surface area contributed by atoms with Gasteiger partial charge in [0.2, 0.25) is 0 Å². The highest BCUT2D eigenvalue weighted by Crippen LogP contribution is 2.28. The number of hydrogen-bond acceptors (Lipinski definition) is 4. The van der Waals surface area contributed by atoms with Gasteiger partial charge in [-0.25, -0.2) is 4.39 Å². The van der Waals surface area contributed by atoms with Crippen molar-refractivity contribution in [3.63, 3.8) is 0 Å². The maximum Gasteiger partial charge on any atom is 0.306 e. The highest BCUT2D eigenvalue weighted by molar-refractivity contribution is 5.82. The van der Waals surface area contributed by atoms with Gasteiger partial charge in [-0.3, -0.25) is 9.59 Å². The van der Waals surface area contributed by atoms with Crippen molar-refractivity contribution in [3.8, 4) is 5.75 Å². The van der Waals surface area contributed by atoms with Crippen molar-refractivity contribution in [1.82, 2.24) is 0 Å². The number of benzene rings is 1. The van der Waals surface area contributed by atoms with E-state index in [-0.39, 0.29) is 18.3 Å². The second kappa shape index (κ2) is 7.55. The lowest BCUT2D eigenvalue weighted by atomic mass is 9.91. The van der Waals surface area contributed by atoms with Crippen LogP contribution in [0.4, 0.5) is 4.39 Å². The number of carboxylic acids is 1. The van der Waals surface area contributed by atoms with Crippen molar-refractivity contribution in [2.45, 2.75) is 50.9 Å². The van der Waals surface area contributed by atoms with Crippen molar-refractivity contribution >= 4 is 11.8 Å². The number of carbonyl (C=O) groups is 2. The van der Waals surface area contributed by atoms with Gasteiger partial charge in [-0.2, -0.15) is 0 Å². The third-order valence-corrected chi connectivity index (χ3v) is 4.16. The lowest BCUT2D eigenvalue weighted by molar-refractivity contribution is -0.142. The summed E-state index contributed by atoms with van der Waals surface area (Å²) in [6.07, 6.45) is 0.421.